The third kappa shape index (κ3) is 3.60. The summed E-state index contributed by atoms with van der Waals surface area (Å²) >= 11 is 5.98. The highest BCUT2D eigenvalue weighted by molar-refractivity contribution is 6.30. The molecule has 0 atom stereocenters. The predicted molar refractivity (Wildman–Crippen MR) is 97.2 cm³/mol. The third-order valence-electron chi connectivity index (χ3n) is 3.59. The van der Waals surface area contributed by atoms with Gasteiger partial charge in [-0.3, -0.25) is 4.79 Å². The lowest BCUT2D eigenvalue weighted by molar-refractivity contribution is -0.121. The summed E-state index contributed by atoms with van der Waals surface area (Å²) in [7, 11) is 0. The van der Waals surface area contributed by atoms with Crippen molar-refractivity contribution in [1.29, 1.82) is 0 Å². The van der Waals surface area contributed by atoms with Crippen LogP contribution in [0.3, 0.4) is 0 Å². The molecule has 0 radical (unpaired) electrons. The number of imidazole rings is 1. The zero-order valence-electron chi connectivity index (χ0n) is 14.0. The molecule has 0 spiro atoms. The zero-order chi connectivity index (χ0) is 17.3. The number of hydrogen-bond acceptors (Lipinski definition) is 2. The van der Waals surface area contributed by atoms with Crippen molar-refractivity contribution in [3.05, 3.63) is 59.4 Å². The van der Waals surface area contributed by atoms with Gasteiger partial charge in [0.15, 0.2) is 0 Å². The van der Waals surface area contributed by atoms with Crippen LogP contribution in [0.25, 0.3) is 16.9 Å². The van der Waals surface area contributed by atoms with Crippen molar-refractivity contribution in [2.75, 3.05) is 0 Å². The maximum absolute atomic E-state index is 12.4. The van der Waals surface area contributed by atoms with Gasteiger partial charge in [-0.25, -0.2) is 4.98 Å². The van der Waals surface area contributed by atoms with Gasteiger partial charge in [0.05, 0.1) is 17.8 Å². The first kappa shape index (κ1) is 16.5. The topological polar surface area (TPSA) is 46.4 Å². The lowest BCUT2D eigenvalue weighted by Crippen LogP contribution is -2.41. The highest BCUT2D eigenvalue weighted by Crippen LogP contribution is 2.26. The number of halogens is 1. The van der Waals surface area contributed by atoms with Crippen LogP contribution in [0.4, 0.5) is 0 Å². The molecular formula is C19H20ClN3O. The summed E-state index contributed by atoms with van der Waals surface area (Å²) in [4.78, 5) is 17.1. The molecule has 2 aromatic heterocycles. The smallest absolute Gasteiger partial charge is 0.226 e. The molecule has 4 nitrogen and oxygen atoms in total. The molecule has 0 aliphatic carbocycles. The number of nitrogens with zero attached hydrogens (tertiary/aromatic N) is 2. The molecule has 24 heavy (non-hydrogen) atoms. The number of nitrogens with one attached hydrogen (secondary N) is 1. The second-order valence-electron chi connectivity index (χ2n) is 6.82. The predicted octanol–water partition coefficient (Wildman–Crippen LogP) is 4.11. The normalized spacial score (nSPS) is 11.7. The second kappa shape index (κ2) is 6.29. The van der Waals surface area contributed by atoms with Crippen molar-refractivity contribution in [3.8, 4) is 11.3 Å². The third-order valence-corrected chi connectivity index (χ3v) is 3.84. The van der Waals surface area contributed by atoms with Gasteiger partial charge in [-0.1, -0.05) is 29.8 Å². The molecule has 0 saturated heterocycles. The van der Waals surface area contributed by atoms with Crippen LogP contribution in [0, 0.1) is 0 Å². The van der Waals surface area contributed by atoms with Crippen LogP contribution >= 0.6 is 11.6 Å². The van der Waals surface area contributed by atoms with Crippen LogP contribution < -0.4 is 5.32 Å². The molecule has 5 heteroatoms. The van der Waals surface area contributed by atoms with Crippen LogP contribution in [0.15, 0.2) is 48.7 Å². The summed E-state index contributed by atoms with van der Waals surface area (Å²) < 4.78 is 1.96. The Morgan fingerprint density at radius 2 is 1.88 bits per heavy atom. The number of fused-ring (bicyclic) bond motifs is 1. The molecule has 1 amide bonds. The summed E-state index contributed by atoms with van der Waals surface area (Å²) in [5.41, 5.74) is 3.18. The summed E-state index contributed by atoms with van der Waals surface area (Å²) in [6.07, 6.45) is 2.20. The van der Waals surface area contributed by atoms with Crippen LogP contribution in [0.5, 0.6) is 0 Å². The van der Waals surface area contributed by atoms with Crippen molar-refractivity contribution in [2.24, 2.45) is 0 Å². The van der Waals surface area contributed by atoms with Gasteiger partial charge in [0.25, 0.3) is 0 Å². The van der Waals surface area contributed by atoms with Crippen LogP contribution in [-0.4, -0.2) is 20.8 Å². The molecule has 1 aromatic carbocycles. The molecule has 0 fully saturated rings. The van der Waals surface area contributed by atoms with Crippen molar-refractivity contribution in [3.63, 3.8) is 0 Å². The molecule has 3 rings (SSSR count). The van der Waals surface area contributed by atoms with E-state index in [2.05, 4.69) is 5.32 Å². The van der Waals surface area contributed by atoms with E-state index in [0.717, 1.165) is 22.6 Å². The maximum Gasteiger partial charge on any atom is 0.226 e. The van der Waals surface area contributed by atoms with E-state index in [9.17, 15) is 4.79 Å². The number of aromatic nitrogens is 2. The number of carbonyl (C=O) groups excluding carboxylic acids is 1. The minimum absolute atomic E-state index is 0.0247. The summed E-state index contributed by atoms with van der Waals surface area (Å²) in [5.74, 6) is -0.0247. The minimum atomic E-state index is -0.266. The van der Waals surface area contributed by atoms with Gasteiger partial charge in [-0.2, -0.15) is 0 Å². The molecule has 0 aliphatic heterocycles. The number of hydrogen-bond donors (Lipinski definition) is 1. The van der Waals surface area contributed by atoms with E-state index in [0.29, 0.717) is 5.02 Å². The molecule has 3 aromatic rings. The second-order valence-corrected chi connectivity index (χ2v) is 7.25. The molecule has 2 heterocycles. The lowest BCUT2D eigenvalue weighted by Gasteiger charge is -2.20. The number of benzene rings is 1. The first-order valence-electron chi connectivity index (χ1n) is 7.86. The van der Waals surface area contributed by atoms with Crippen molar-refractivity contribution < 1.29 is 4.79 Å². The quantitative estimate of drug-likeness (QED) is 0.779. The number of pyridine rings is 1. The summed E-state index contributed by atoms with van der Waals surface area (Å²) in [6, 6.07) is 13.3. The fraction of sp³-hybridized carbons (Fsp3) is 0.263. The molecule has 0 unspecified atom stereocenters. The Bertz CT molecular complexity index is 876. The average molecular weight is 342 g/mol. The molecule has 124 valence electrons. The van der Waals surface area contributed by atoms with Gasteiger partial charge >= 0.3 is 0 Å². The highest BCUT2D eigenvalue weighted by atomic mass is 35.5. The van der Waals surface area contributed by atoms with Gasteiger partial charge in [0.2, 0.25) is 5.91 Å². The van der Waals surface area contributed by atoms with E-state index in [4.69, 9.17) is 16.6 Å². The van der Waals surface area contributed by atoms with E-state index < -0.39 is 0 Å². The van der Waals surface area contributed by atoms with Gasteiger partial charge in [0, 0.05) is 22.3 Å². The number of amides is 1. The van der Waals surface area contributed by atoms with Crippen LogP contribution in [0.2, 0.25) is 5.02 Å². The Labute approximate surface area is 146 Å². The molecule has 1 N–H and O–H groups in total. The van der Waals surface area contributed by atoms with Gasteiger partial charge in [-0.15, -0.1) is 0 Å². The molecular weight excluding hydrogens is 322 g/mol. The van der Waals surface area contributed by atoms with E-state index >= 15 is 0 Å². The van der Waals surface area contributed by atoms with E-state index in [-0.39, 0.29) is 17.9 Å². The standard InChI is InChI=1S/C19H20ClN3O/c1-19(2,3)22-17(24)12-15-18(13-7-9-14(20)10-8-13)21-16-6-4-5-11-23(15)16/h4-11H,12H2,1-3H3,(H,22,24). The zero-order valence-corrected chi connectivity index (χ0v) is 14.8. The number of rotatable bonds is 3. The van der Waals surface area contributed by atoms with E-state index in [1.54, 1.807) is 0 Å². The Morgan fingerprint density at radius 1 is 1.17 bits per heavy atom. The fourth-order valence-corrected chi connectivity index (χ4v) is 2.79. The first-order chi connectivity index (χ1) is 11.3. The van der Waals surface area contributed by atoms with Crippen molar-refractivity contribution in [2.45, 2.75) is 32.7 Å². The summed E-state index contributed by atoms with van der Waals surface area (Å²) in [6.45, 7) is 5.92. The molecule has 0 saturated carbocycles. The van der Waals surface area contributed by atoms with Crippen LogP contribution in [-0.2, 0) is 11.2 Å². The largest absolute Gasteiger partial charge is 0.351 e. The Hall–Kier alpha value is -2.33. The summed E-state index contributed by atoms with van der Waals surface area (Å²) in [5, 5.41) is 3.68. The molecule has 0 aliphatic rings. The Balaban J connectivity index is 2.05. The monoisotopic (exact) mass is 341 g/mol. The number of carbonyl (C=O) groups is 1. The lowest BCUT2D eigenvalue weighted by atomic mass is 10.1. The Kier molecular flexibility index (Phi) is 4.33. The maximum atomic E-state index is 12.4. The minimum Gasteiger partial charge on any atom is -0.351 e. The fourth-order valence-electron chi connectivity index (χ4n) is 2.67. The van der Waals surface area contributed by atoms with Gasteiger partial charge < -0.3 is 9.72 Å². The average Bonchev–Trinajstić information content (AvgIpc) is 2.85. The van der Waals surface area contributed by atoms with E-state index in [1.807, 2.05) is 73.8 Å². The van der Waals surface area contributed by atoms with Gasteiger partial charge in [0.1, 0.15) is 5.65 Å². The Morgan fingerprint density at radius 3 is 2.54 bits per heavy atom. The molecule has 0 bridgehead atoms. The van der Waals surface area contributed by atoms with Crippen molar-refractivity contribution in [1.82, 2.24) is 14.7 Å². The van der Waals surface area contributed by atoms with Gasteiger partial charge in [-0.05, 0) is 45.0 Å². The SMILES string of the molecule is CC(C)(C)NC(=O)Cc1c(-c2ccc(Cl)cc2)nc2ccccn12. The first-order valence-corrected chi connectivity index (χ1v) is 8.24. The van der Waals surface area contributed by atoms with Crippen molar-refractivity contribution >= 4 is 23.2 Å². The highest BCUT2D eigenvalue weighted by Gasteiger charge is 2.19. The van der Waals surface area contributed by atoms with Crippen LogP contribution in [0.1, 0.15) is 26.5 Å². The van der Waals surface area contributed by atoms with E-state index in [1.165, 1.54) is 0 Å².